The maximum absolute atomic E-state index is 11.1. The summed E-state index contributed by atoms with van der Waals surface area (Å²) in [5.74, 6) is 3.17. The normalized spacial score (nSPS) is 60.7. The Morgan fingerprint density at radius 1 is 1.03 bits per heavy atom. The molecule has 31 heavy (non-hydrogen) atoms. The Labute approximate surface area is 187 Å². The molecule has 0 aromatic rings. The predicted octanol–water partition coefficient (Wildman–Crippen LogP) is 4.68. The summed E-state index contributed by atoms with van der Waals surface area (Å²) in [6.07, 6.45) is 10.2. The molecule has 0 aromatic carbocycles. The molecule has 6 rings (SSSR count). The maximum atomic E-state index is 11.1. The van der Waals surface area contributed by atoms with Crippen molar-refractivity contribution < 1.29 is 19.7 Å². The van der Waals surface area contributed by atoms with Crippen molar-refractivity contribution in [1.82, 2.24) is 0 Å². The highest BCUT2D eigenvalue weighted by Crippen LogP contribution is 2.70. The van der Waals surface area contributed by atoms with Crippen LogP contribution in [0.15, 0.2) is 11.6 Å². The van der Waals surface area contributed by atoms with E-state index in [0.29, 0.717) is 53.4 Å². The van der Waals surface area contributed by atoms with Gasteiger partial charge in [0, 0.05) is 24.2 Å². The van der Waals surface area contributed by atoms with E-state index in [1.807, 2.05) is 0 Å². The highest BCUT2D eigenvalue weighted by atomic mass is 16.7. The second-order valence-corrected chi connectivity index (χ2v) is 12.8. The third-order valence-corrected chi connectivity index (χ3v) is 11.4. The smallest absolute Gasteiger partial charge is 0.171 e. The Bertz CT molecular complexity index is 769. The van der Waals surface area contributed by atoms with Crippen LogP contribution in [0.25, 0.3) is 0 Å². The standard InChI is InChI=1S/C27H42O4/c1-15-7-10-27(30-14-15)16(2)24-22(31-27)13-21-19-6-5-17-11-18(28)12-23(29)26(17,4)20(19)8-9-25(21,24)3/h5,15-16,18-24,28-29H,6-14H2,1-4H3/t15-,16?,18-,19-,20+,21+,22?,23-,24?,25+,26+,27-/m1/s1. The van der Waals surface area contributed by atoms with Crippen LogP contribution < -0.4 is 0 Å². The van der Waals surface area contributed by atoms with Crippen molar-refractivity contribution in [1.29, 1.82) is 0 Å². The van der Waals surface area contributed by atoms with Gasteiger partial charge in [-0.3, -0.25) is 0 Å². The second-order valence-electron chi connectivity index (χ2n) is 12.8. The van der Waals surface area contributed by atoms with Gasteiger partial charge in [0.2, 0.25) is 0 Å². The summed E-state index contributed by atoms with van der Waals surface area (Å²) in [5.41, 5.74) is 1.48. The highest BCUT2D eigenvalue weighted by molar-refractivity contribution is 5.28. The summed E-state index contributed by atoms with van der Waals surface area (Å²) in [6.45, 7) is 10.4. The SMILES string of the molecule is CC1C2C(C[C@H]3[C@@H]4CC=C5C[C@@H](O)C[C@@H](O)[C@]5(C)[C@H]4CC[C@]23C)O[C@]12CC[C@@H](C)CO2. The topological polar surface area (TPSA) is 58.9 Å². The van der Waals surface area contributed by atoms with E-state index >= 15 is 0 Å². The lowest BCUT2D eigenvalue weighted by Gasteiger charge is -2.59. The summed E-state index contributed by atoms with van der Waals surface area (Å²) in [6, 6.07) is 0. The summed E-state index contributed by atoms with van der Waals surface area (Å²) in [7, 11) is 0. The molecule has 6 aliphatic rings. The molecule has 2 saturated heterocycles. The van der Waals surface area contributed by atoms with Gasteiger partial charge in [0.15, 0.2) is 5.79 Å². The molecular weight excluding hydrogens is 388 g/mol. The Morgan fingerprint density at radius 2 is 1.84 bits per heavy atom. The lowest BCUT2D eigenvalue weighted by molar-refractivity contribution is -0.272. The summed E-state index contributed by atoms with van der Waals surface area (Å²) in [5, 5.41) is 21.4. The third-order valence-electron chi connectivity index (χ3n) is 11.4. The van der Waals surface area contributed by atoms with E-state index in [9.17, 15) is 10.2 Å². The average Bonchev–Trinajstić information content (AvgIpc) is 3.16. The van der Waals surface area contributed by atoms with Crippen LogP contribution in [0.2, 0.25) is 0 Å². The first-order valence-electron chi connectivity index (χ1n) is 13.1. The molecule has 12 atom stereocenters. The molecule has 2 N–H and O–H groups in total. The van der Waals surface area contributed by atoms with Gasteiger partial charge in [0.25, 0.3) is 0 Å². The van der Waals surface area contributed by atoms with E-state index in [2.05, 4.69) is 33.8 Å². The first kappa shape index (κ1) is 21.1. The molecule has 0 bridgehead atoms. The molecule has 3 unspecified atom stereocenters. The van der Waals surface area contributed by atoms with Gasteiger partial charge in [-0.25, -0.2) is 0 Å². The van der Waals surface area contributed by atoms with Gasteiger partial charge in [0.1, 0.15) is 0 Å². The summed E-state index contributed by atoms with van der Waals surface area (Å²) < 4.78 is 13.3. The molecule has 2 heterocycles. The number of allylic oxidation sites excluding steroid dienone is 1. The van der Waals surface area contributed by atoms with Crippen LogP contribution in [0, 0.1) is 46.3 Å². The molecule has 0 radical (unpaired) electrons. The lowest BCUT2D eigenvalue weighted by Crippen LogP contribution is -2.56. The molecule has 5 fully saturated rings. The minimum Gasteiger partial charge on any atom is -0.393 e. The van der Waals surface area contributed by atoms with Crippen molar-refractivity contribution in [2.45, 2.75) is 103 Å². The quantitative estimate of drug-likeness (QED) is 0.548. The van der Waals surface area contributed by atoms with Gasteiger partial charge < -0.3 is 19.7 Å². The van der Waals surface area contributed by atoms with E-state index in [0.717, 1.165) is 32.3 Å². The summed E-state index contributed by atoms with van der Waals surface area (Å²) >= 11 is 0. The zero-order chi connectivity index (χ0) is 21.8. The number of hydrogen-bond donors (Lipinski definition) is 2. The monoisotopic (exact) mass is 430 g/mol. The largest absolute Gasteiger partial charge is 0.393 e. The average molecular weight is 431 g/mol. The maximum Gasteiger partial charge on any atom is 0.171 e. The van der Waals surface area contributed by atoms with E-state index in [-0.39, 0.29) is 17.3 Å². The Kier molecular flexibility index (Phi) is 4.64. The molecule has 4 nitrogen and oxygen atoms in total. The van der Waals surface area contributed by atoms with Crippen molar-refractivity contribution in [2.24, 2.45) is 46.3 Å². The minimum atomic E-state index is -0.420. The number of fused-ring (bicyclic) bond motifs is 7. The van der Waals surface area contributed by atoms with Gasteiger partial charge in [-0.05, 0) is 73.5 Å². The van der Waals surface area contributed by atoms with Crippen molar-refractivity contribution in [3.05, 3.63) is 11.6 Å². The molecule has 3 saturated carbocycles. The van der Waals surface area contributed by atoms with Crippen LogP contribution in [-0.2, 0) is 9.47 Å². The first-order valence-corrected chi connectivity index (χ1v) is 13.1. The third kappa shape index (κ3) is 2.68. The molecule has 2 aliphatic heterocycles. The van der Waals surface area contributed by atoms with Crippen molar-refractivity contribution >= 4 is 0 Å². The van der Waals surface area contributed by atoms with E-state index in [4.69, 9.17) is 9.47 Å². The number of aliphatic hydroxyl groups is 2. The fourth-order valence-corrected chi connectivity index (χ4v) is 9.72. The number of ether oxygens (including phenoxy) is 2. The fourth-order valence-electron chi connectivity index (χ4n) is 9.72. The molecule has 0 aromatic heterocycles. The van der Waals surface area contributed by atoms with Gasteiger partial charge in [-0.15, -0.1) is 0 Å². The van der Waals surface area contributed by atoms with Crippen LogP contribution in [0.4, 0.5) is 0 Å². The van der Waals surface area contributed by atoms with E-state index in [1.54, 1.807) is 0 Å². The predicted molar refractivity (Wildman–Crippen MR) is 119 cm³/mol. The Morgan fingerprint density at radius 3 is 2.58 bits per heavy atom. The zero-order valence-corrected chi connectivity index (χ0v) is 19.8. The molecule has 4 heteroatoms. The van der Waals surface area contributed by atoms with Crippen LogP contribution in [0.5, 0.6) is 0 Å². The molecule has 4 aliphatic carbocycles. The molecular formula is C27H42O4. The lowest BCUT2D eigenvalue weighted by atomic mass is 9.46. The Balaban J connectivity index is 1.29. The van der Waals surface area contributed by atoms with Crippen molar-refractivity contribution in [3.63, 3.8) is 0 Å². The van der Waals surface area contributed by atoms with Gasteiger partial charge >= 0.3 is 0 Å². The van der Waals surface area contributed by atoms with Gasteiger partial charge in [0.05, 0.1) is 24.9 Å². The number of rotatable bonds is 0. The fraction of sp³-hybridized carbons (Fsp3) is 0.926. The van der Waals surface area contributed by atoms with Crippen LogP contribution in [0.3, 0.4) is 0 Å². The number of aliphatic hydroxyl groups excluding tert-OH is 2. The highest BCUT2D eigenvalue weighted by Gasteiger charge is 2.69. The molecule has 1 spiro atoms. The zero-order valence-electron chi connectivity index (χ0n) is 19.8. The van der Waals surface area contributed by atoms with Crippen LogP contribution in [0.1, 0.15) is 79.1 Å². The second kappa shape index (κ2) is 6.81. The van der Waals surface area contributed by atoms with Gasteiger partial charge in [-0.1, -0.05) is 39.3 Å². The van der Waals surface area contributed by atoms with Crippen molar-refractivity contribution in [2.75, 3.05) is 6.61 Å². The molecule has 0 amide bonds. The minimum absolute atomic E-state index is 0.155. The van der Waals surface area contributed by atoms with Crippen molar-refractivity contribution in [3.8, 4) is 0 Å². The van der Waals surface area contributed by atoms with Gasteiger partial charge in [-0.2, -0.15) is 0 Å². The van der Waals surface area contributed by atoms with E-state index < -0.39 is 6.10 Å². The van der Waals surface area contributed by atoms with Crippen LogP contribution >= 0.6 is 0 Å². The van der Waals surface area contributed by atoms with E-state index in [1.165, 1.54) is 24.8 Å². The summed E-state index contributed by atoms with van der Waals surface area (Å²) in [4.78, 5) is 0. The number of hydrogen-bond acceptors (Lipinski definition) is 4. The first-order chi connectivity index (χ1) is 14.7. The van der Waals surface area contributed by atoms with Crippen LogP contribution in [-0.4, -0.2) is 40.9 Å². The molecule has 174 valence electrons. The Hall–Kier alpha value is -0.420.